The van der Waals surface area contributed by atoms with Gasteiger partial charge >= 0.3 is 5.69 Å². The standard InChI is InChI=1S/C10H8N2O3/c1-11-10(4-5-10)7-2-3-9(13)8(6-7)12(14)15/h2-3,6,13H,4-5H2. The molecule has 0 spiro atoms. The second kappa shape index (κ2) is 2.95. The predicted octanol–water partition coefficient (Wildman–Crippen LogP) is 2.21. The van der Waals surface area contributed by atoms with Gasteiger partial charge in [0.25, 0.3) is 5.54 Å². The van der Waals surface area contributed by atoms with E-state index < -0.39 is 10.5 Å². The normalized spacial score (nSPS) is 16.7. The van der Waals surface area contributed by atoms with Crippen molar-refractivity contribution in [1.29, 1.82) is 0 Å². The number of aromatic hydroxyl groups is 1. The summed E-state index contributed by atoms with van der Waals surface area (Å²) < 4.78 is 0. The zero-order chi connectivity index (χ0) is 11.1. The van der Waals surface area contributed by atoms with Crippen molar-refractivity contribution < 1.29 is 10.0 Å². The SMILES string of the molecule is [C-]#[N+]C1(c2ccc(O)c([N+](=O)[O-])c2)CC1. The van der Waals surface area contributed by atoms with Gasteiger partial charge in [0.2, 0.25) is 0 Å². The minimum Gasteiger partial charge on any atom is -0.502 e. The fourth-order valence-corrected chi connectivity index (χ4v) is 1.54. The summed E-state index contributed by atoms with van der Waals surface area (Å²) in [7, 11) is 0. The van der Waals surface area contributed by atoms with Crippen molar-refractivity contribution in [3.05, 3.63) is 45.3 Å². The van der Waals surface area contributed by atoms with Gasteiger partial charge in [-0.15, -0.1) is 0 Å². The molecule has 1 saturated carbocycles. The maximum Gasteiger partial charge on any atom is 0.311 e. The van der Waals surface area contributed by atoms with E-state index in [0.717, 1.165) is 12.8 Å². The van der Waals surface area contributed by atoms with Crippen molar-refractivity contribution in [2.24, 2.45) is 0 Å². The molecule has 0 bridgehead atoms. The van der Waals surface area contributed by atoms with E-state index in [1.807, 2.05) is 0 Å². The Kier molecular flexibility index (Phi) is 1.86. The molecule has 0 atom stereocenters. The van der Waals surface area contributed by atoms with Gasteiger partial charge in [-0.05, 0) is 12.1 Å². The van der Waals surface area contributed by atoms with E-state index in [0.29, 0.717) is 5.56 Å². The Morgan fingerprint density at radius 2 is 2.20 bits per heavy atom. The highest BCUT2D eigenvalue weighted by Crippen LogP contribution is 2.50. The third-order valence-electron chi connectivity index (χ3n) is 2.65. The Bertz CT molecular complexity index is 472. The molecule has 0 saturated heterocycles. The largest absolute Gasteiger partial charge is 0.502 e. The summed E-state index contributed by atoms with van der Waals surface area (Å²) >= 11 is 0. The van der Waals surface area contributed by atoms with Crippen LogP contribution in [0.5, 0.6) is 5.75 Å². The Labute approximate surface area is 85.9 Å². The lowest BCUT2D eigenvalue weighted by atomic mass is 10.0. The van der Waals surface area contributed by atoms with Crippen molar-refractivity contribution in [3.63, 3.8) is 0 Å². The first-order chi connectivity index (χ1) is 7.09. The van der Waals surface area contributed by atoms with Gasteiger partial charge in [0.05, 0.1) is 4.92 Å². The third-order valence-corrected chi connectivity index (χ3v) is 2.65. The van der Waals surface area contributed by atoms with Gasteiger partial charge in [-0.2, -0.15) is 0 Å². The summed E-state index contributed by atoms with van der Waals surface area (Å²) in [5, 5.41) is 19.8. The van der Waals surface area contributed by atoms with Crippen molar-refractivity contribution in [3.8, 4) is 5.75 Å². The molecule has 0 unspecified atom stereocenters. The average molecular weight is 204 g/mol. The number of phenolic OH excluding ortho intramolecular Hbond substituents is 1. The maximum atomic E-state index is 10.6. The molecule has 1 aliphatic carbocycles. The highest BCUT2D eigenvalue weighted by atomic mass is 16.6. The summed E-state index contributed by atoms with van der Waals surface area (Å²) in [4.78, 5) is 13.4. The summed E-state index contributed by atoms with van der Waals surface area (Å²) in [6, 6.07) is 4.15. The van der Waals surface area contributed by atoms with Crippen LogP contribution in [0.3, 0.4) is 0 Å². The quantitative estimate of drug-likeness (QED) is 0.456. The third kappa shape index (κ3) is 1.40. The number of nitrogens with zero attached hydrogens (tertiary/aromatic N) is 2. The highest BCUT2D eigenvalue weighted by molar-refractivity contribution is 5.51. The summed E-state index contributed by atoms with van der Waals surface area (Å²) in [5.41, 5.74) is -0.275. The van der Waals surface area contributed by atoms with Crippen LogP contribution in [0, 0.1) is 16.7 Å². The average Bonchev–Trinajstić information content (AvgIpc) is 2.99. The van der Waals surface area contributed by atoms with Crippen molar-refractivity contribution in [1.82, 2.24) is 0 Å². The number of nitro benzene ring substituents is 1. The molecule has 5 nitrogen and oxygen atoms in total. The van der Waals surface area contributed by atoms with Gasteiger partial charge in [0.1, 0.15) is 0 Å². The van der Waals surface area contributed by atoms with E-state index in [1.165, 1.54) is 12.1 Å². The number of hydrogen-bond acceptors (Lipinski definition) is 3. The lowest BCUT2D eigenvalue weighted by Crippen LogP contribution is -2.00. The van der Waals surface area contributed by atoms with Gasteiger partial charge in [0, 0.05) is 24.5 Å². The van der Waals surface area contributed by atoms with E-state index in [1.54, 1.807) is 6.07 Å². The van der Waals surface area contributed by atoms with Gasteiger partial charge in [-0.25, -0.2) is 6.57 Å². The van der Waals surface area contributed by atoms with Crippen LogP contribution in [0.15, 0.2) is 18.2 Å². The summed E-state index contributed by atoms with van der Waals surface area (Å²) in [6.45, 7) is 7.03. The minimum absolute atomic E-state index is 0.331. The predicted molar refractivity (Wildman–Crippen MR) is 52.3 cm³/mol. The molecule has 0 aliphatic heterocycles. The number of hydrogen-bond donors (Lipinski definition) is 1. The smallest absolute Gasteiger partial charge is 0.311 e. The van der Waals surface area contributed by atoms with E-state index >= 15 is 0 Å². The van der Waals surface area contributed by atoms with E-state index in [4.69, 9.17) is 6.57 Å². The van der Waals surface area contributed by atoms with Crippen LogP contribution in [0.25, 0.3) is 4.85 Å². The highest BCUT2D eigenvalue weighted by Gasteiger charge is 2.53. The molecule has 15 heavy (non-hydrogen) atoms. The van der Waals surface area contributed by atoms with E-state index in [2.05, 4.69) is 4.85 Å². The first kappa shape index (κ1) is 9.46. The summed E-state index contributed by atoms with van der Waals surface area (Å²) in [6.07, 6.45) is 1.47. The van der Waals surface area contributed by atoms with Crippen LogP contribution in [0.4, 0.5) is 5.69 Å². The number of nitro groups is 1. The molecule has 1 aromatic rings. The Hall–Kier alpha value is -2.09. The molecule has 1 N–H and O–H groups in total. The molecule has 1 fully saturated rings. The minimum atomic E-state index is -0.640. The van der Waals surface area contributed by atoms with Crippen LogP contribution in [-0.4, -0.2) is 10.0 Å². The second-order valence-corrected chi connectivity index (χ2v) is 3.60. The van der Waals surface area contributed by atoms with Crippen molar-refractivity contribution >= 4 is 5.69 Å². The van der Waals surface area contributed by atoms with Gasteiger partial charge < -0.3 is 9.95 Å². The van der Waals surface area contributed by atoms with Crippen molar-refractivity contribution in [2.45, 2.75) is 18.4 Å². The number of rotatable bonds is 2. The fraction of sp³-hybridized carbons (Fsp3) is 0.300. The maximum absolute atomic E-state index is 10.6. The van der Waals surface area contributed by atoms with Crippen molar-refractivity contribution in [2.75, 3.05) is 0 Å². The molecule has 1 aliphatic rings. The van der Waals surface area contributed by atoms with E-state index in [9.17, 15) is 15.2 Å². The molecule has 1 aromatic carbocycles. The van der Waals surface area contributed by atoms with Crippen LogP contribution in [0.1, 0.15) is 18.4 Å². The second-order valence-electron chi connectivity index (χ2n) is 3.60. The van der Waals surface area contributed by atoms with E-state index in [-0.39, 0.29) is 11.4 Å². The molecular formula is C10H8N2O3. The molecule has 0 radical (unpaired) electrons. The van der Waals surface area contributed by atoms with Crippen LogP contribution in [0.2, 0.25) is 0 Å². The molecule has 76 valence electrons. The van der Waals surface area contributed by atoms with Gasteiger partial charge in [0.15, 0.2) is 5.75 Å². The van der Waals surface area contributed by atoms with Crippen LogP contribution in [-0.2, 0) is 5.54 Å². The number of benzene rings is 1. The van der Waals surface area contributed by atoms with Gasteiger partial charge in [-0.3, -0.25) is 10.1 Å². The molecular weight excluding hydrogens is 196 g/mol. The molecule has 5 heteroatoms. The molecule has 0 heterocycles. The Morgan fingerprint density at radius 1 is 1.53 bits per heavy atom. The fourth-order valence-electron chi connectivity index (χ4n) is 1.54. The Morgan fingerprint density at radius 3 is 2.67 bits per heavy atom. The lowest BCUT2D eigenvalue weighted by Gasteiger charge is -2.03. The zero-order valence-electron chi connectivity index (χ0n) is 7.80. The summed E-state index contributed by atoms with van der Waals surface area (Å²) in [5.74, 6) is -0.357. The Balaban J connectivity index is 2.49. The number of phenols is 1. The van der Waals surface area contributed by atoms with Gasteiger partial charge in [-0.1, -0.05) is 0 Å². The lowest BCUT2D eigenvalue weighted by molar-refractivity contribution is -0.385. The first-order valence-corrected chi connectivity index (χ1v) is 4.45. The zero-order valence-corrected chi connectivity index (χ0v) is 7.80. The first-order valence-electron chi connectivity index (χ1n) is 4.45. The molecule has 0 aromatic heterocycles. The topological polar surface area (TPSA) is 67.7 Å². The molecule has 0 amide bonds. The van der Waals surface area contributed by atoms with Crippen LogP contribution >= 0.6 is 0 Å². The van der Waals surface area contributed by atoms with Crippen LogP contribution < -0.4 is 0 Å². The molecule has 2 rings (SSSR count). The monoisotopic (exact) mass is 204 g/mol.